The highest BCUT2D eigenvalue weighted by Gasteiger charge is 2.46. The number of likely N-dealkylation sites (tertiary alicyclic amines) is 1. The first-order valence-electron chi connectivity index (χ1n) is 6.40. The summed E-state index contributed by atoms with van der Waals surface area (Å²) in [5.41, 5.74) is 0.751. The highest BCUT2D eigenvalue weighted by Crippen LogP contribution is 2.36. The van der Waals surface area contributed by atoms with Gasteiger partial charge in [0.1, 0.15) is 0 Å². The van der Waals surface area contributed by atoms with E-state index in [1.54, 1.807) is 0 Å². The molecule has 0 aromatic heterocycles. The van der Waals surface area contributed by atoms with Gasteiger partial charge in [0, 0.05) is 13.2 Å². The first-order chi connectivity index (χ1) is 7.31. The molecule has 1 spiro atoms. The van der Waals surface area contributed by atoms with Gasteiger partial charge in [-0.25, -0.2) is 0 Å². The van der Waals surface area contributed by atoms with Gasteiger partial charge < -0.3 is 15.0 Å². The van der Waals surface area contributed by atoms with Crippen LogP contribution in [0.15, 0.2) is 0 Å². The second-order valence-corrected chi connectivity index (χ2v) is 5.72. The number of hydrogen-bond donors (Lipinski definition) is 1. The average Bonchev–Trinajstić information content (AvgIpc) is 2.15. The summed E-state index contributed by atoms with van der Waals surface area (Å²) in [6, 6.07) is 0.844. The van der Waals surface area contributed by atoms with Crippen molar-refractivity contribution in [1.29, 1.82) is 0 Å². The summed E-state index contributed by atoms with van der Waals surface area (Å²) >= 11 is 0. The van der Waals surface area contributed by atoms with Crippen LogP contribution in [0, 0.1) is 5.41 Å². The minimum absolute atomic E-state index is 0.558. The van der Waals surface area contributed by atoms with Gasteiger partial charge in [-0.05, 0) is 38.8 Å². The van der Waals surface area contributed by atoms with Crippen molar-refractivity contribution in [3.05, 3.63) is 0 Å². The number of quaternary nitrogens is 1. The third kappa shape index (κ3) is 1.71. The Balaban J connectivity index is 1.46. The Bertz CT molecular complexity index is 224. The normalized spacial score (nSPS) is 39.8. The zero-order chi connectivity index (χ0) is 10.3. The molecule has 0 amide bonds. The molecule has 0 bridgehead atoms. The van der Waals surface area contributed by atoms with E-state index in [-0.39, 0.29) is 0 Å². The molecule has 1 saturated carbocycles. The molecule has 2 aliphatic heterocycles. The Morgan fingerprint density at radius 1 is 1.20 bits per heavy atom. The van der Waals surface area contributed by atoms with Gasteiger partial charge in [-0.2, -0.15) is 0 Å². The van der Waals surface area contributed by atoms with Crippen molar-refractivity contribution in [2.75, 3.05) is 33.3 Å². The SMILES string of the molecule is COC1CC(N2CCC3(CC2)C[NH2+]C3)C1. The Labute approximate surface area is 92.2 Å². The van der Waals surface area contributed by atoms with Gasteiger partial charge >= 0.3 is 0 Å². The molecule has 0 aromatic carbocycles. The van der Waals surface area contributed by atoms with Crippen LogP contribution >= 0.6 is 0 Å². The monoisotopic (exact) mass is 211 g/mol. The predicted molar refractivity (Wildman–Crippen MR) is 58.7 cm³/mol. The molecule has 2 heterocycles. The van der Waals surface area contributed by atoms with Crippen LogP contribution in [0.5, 0.6) is 0 Å². The van der Waals surface area contributed by atoms with Crippen LogP contribution in [-0.4, -0.2) is 50.3 Å². The van der Waals surface area contributed by atoms with E-state index in [0.717, 1.165) is 11.5 Å². The van der Waals surface area contributed by atoms with Crippen LogP contribution < -0.4 is 5.32 Å². The fourth-order valence-electron chi connectivity index (χ4n) is 3.35. The third-order valence-corrected chi connectivity index (χ3v) is 4.93. The van der Waals surface area contributed by atoms with E-state index in [4.69, 9.17) is 4.74 Å². The van der Waals surface area contributed by atoms with Crippen LogP contribution in [-0.2, 0) is 4.74 Å². The van der Waals surface area contributed by atoms with Gasteiger partial charge in [-0.15, -0.1) is 0 Å². The minimum Gasteiger partial charge on any atom is -0.381 e. The fourth-order valence-corrected chi connectivity index (χ4v) is 3.35. The summed E-state index contributed by atoms with van der Waals surface area (Å²) in [5.74, 6) is 0. The fraction of sp³-hybridized carbons (Fsp3) is 1.00. The van der Waals surface area contributed by atoms with Crippen molar-refractivity contribution >= 4 is 0 Å². The van der Waals surface area contributed by atoms with Gasteiger partial charge in [0.05, 0.1) is 24.6 Å². The molecular formula is C12H23N2O+. The number of nitrogens with two attached hydrogens (primary N) is 1. The number of hydrogen-bond acceptors (Lipinski definition) is 2. The zero-order valence-corrected chi connectivity index (χ0v) is 9.74. The van der Waals surface area contributed by atoms with Crippen LogP contribution in [0.3, 0.4) is 0 Å². The molecule has 3 fully saturated rings. The number of piperidine rings is 1. The lowest BCUT2D eigenvalue weighted by Gasteiger charge is -2.50. The average molecular weight is 211 g/mol. The highest BCUT2D eigenvalue weighted by atomic mass is 16.5. The van der Waals surface area contributed by atoms with Crippen molar-refractivity contribution in [1.82, 2.24) is 4.90 Å². The molecule has 3 rings (SSSR count). The highest BCUT2D eigenvalue weighted by molar-refractivity contribution is 4.94. The minimum atomic E-state index is 0.558. The lowest BCUT2D eigenvalue weighted by Crippen LogP contribution is -3.00. The third-order valence-electron chi connectivity index (χ3n) is 4.93. The Hall–Kier alpha value is -0.120. The molecule has 86 valence electrons. The van der Waals surface area contributed by atoms with Gasteiger partial charge in [0.2, 0.25) is 0 Å². The summed E-state index contributed by atoms with van der Waals surface area (Å²) in [7, 11) is 1.84. The summed E-state index contributed by atoms with van der Waals surface area (Å²) in [4.78, 5) is 2.71. The van der Waals surface area contributed by atoms with Gasteiger partial charge in [-0.3, -0.25) is 0 Å². The summed E-state index contributed by atoms with van der Waals surface area (Å²) < 4.78 is 5.35. The molecule has 0 unspecified atom stereocenters. The Morgan fingerprint density at radius 2 is 1.87 bits per heavy atom. The topological polar surface area (TPSA) is 29.1 Å². The maximum atomic E-state index is 5.35. The van der Waals surface area contributed by atoms with Crippen molar-refractivity contribution < 1.29 is 10.1 Å². The first-order valence-corrected chi connectivity index (χ1v) is 6.40. The number of methoxy groups -OCH3 is 1. The second-order valence-electron chi connectivity index (χ2n) is 5.72. The lowest BCUT2D eigenvalue weighted by atomic mass is 9.72. The van der Waals surface area contributed by atoms with Crippen molar-refractivity contribution in [3.8, 4) is 0 Å². The quantitative estimate of drug-likeness (QED) is 0.687. The second kappa shape index (κ2) is 3.72. The van der Waals surface area contributed by atoms with Crippen molar-refractivity contribution in [3.63, 3.8) is 0 Å². The van der Waals surface area contributed by atoms with Crippen LogP contribution in [0.1, 0.15) is 25.7 Å². The van der Waals surface area contributed by atoms with Gasteiger partial charge in [0.15, 0.2) is 0 Å². The molecule has 2 saturated heterocycles. The summed E-state index contributed by atoms with van der Waals surface area (Å²) in [5, 5.41) is 2.46. The molecule has 1 aliphatic carbocycles. The van der Waals surface area contributed by atoms with Crippen molar-refractivity contribution in [2.45, 2.75) is 37.8 Å². The van der Waals surface area contributed by atoms with E-state index in [2.05, 4.69) is 10.2 Å². The Kier molecular flexibility index (Phi) is 2.49. The summed E-state index contributed by atoms with van der Waals surface area (Å²) in [6.07, 6.45) is 5.99. The standard InChI is InChI=1S/C12H22N2O/c1-15-11-6-10(7-11)14-4-2-12(3-5-14)8-13-9-12/h10-11,13H,2-9H2,1H3/p+1. The number of ether oxygens (including phenoxy) is 1. The van der Waals surface area contributed by atoms with Gasteiger partial charge in [0.25, 0.3) is 0 Å². The van der Waals surface area contributed by atoms with E-state index >= 15 is 0 Å². The zero-order valence-electron chi connectivity index (χ0n) is 9.74. The molecule has 0 aromatic rings. The van der Waals surface area contributed by atoms with Gasteiger partial charge in [-0.1, -0.05) is 0 Å². The number of rotatable bonds is 2. The molecule has 3 aliphatic rings. The van der Waals surface area contributed by atoms with Crippen LogP contribution in [0.25, 0.3) is 0 Å². The first kappa shape index (κ1) is 10.1. The van der Waals surface area contributed by atoms with E-state index in [1.165, 1.54) is 51.9 Å². The predicted octanol–water partition coefficient (Wildman–Crippen LogP) is -0.177. The van der Waals surface area contributed by atoms with Crippen LogP contribution in [0.2, 0.25) is 0 Å². The van der Waals surface area contributed by atoms with E-state index in [9.17, 15) is 0 Å². The largest absolute Gasteiger partial charge is 0.381 e. The Morgan fingerprint density at radius 3 is 2.33 bits per heavy atom. The molecule has 15 heavy (non-hydrogen) atoms. The lowest BCUT2D eigenvalue weighted by molar-refractivity contribution is -0.743. The number of nitrogens with zero attached hydrogens (tertiary/aromatic N) is 1. The molecule has 2 N–H and O–H groups in total. The maximum Gasteiger partial charge on any atom is 0.0868 e. The van der Waals surface area contributed by atoms with Crippen LogP contribution in [0.4, 0.5) is 0 Å². The smallest absolute Gasteiger partial charge is 0.0868 e. The molecule has 3 nitrogen and oxygen atoms in total. The molecule has 3 heteroatoms. The maximum absolute atomic E-state index is 5.35. The van der Waals surface area contributed by atoms with Crippen molar-refractivity contribution in [2.24, 2.45) is 5.41 Å². The molecular weight excluding hydrogens is 188 g/mol. The molecule has 0 radical (unpaired) electrons. The van der Waals surface area contributed by atoms with E-state index in [1.807, 2.05) is 7.11 Å². The van der Waals surface area contributed by atoms with E-state index in [0.29, 0.717) is 6.10 Å². The molecule has 0 atom stereocenters. The van der Waals surface area contributed by atoms with E-state index < -0.39 is 0 Å². The summed E-state index contributed by atoms with van der Waals surface area (Å²) in [6.45, 7) is 5.47.